The molecule has 9 rings (SSSR count). The molecule has 3 fully saturated rings. The molecule has 2 aromatic heterocycles. The summed E-state index contributed by atoms with van der Waals surface area (Å²) in [7, 11) is 1.85. The summed E-state index contributed by atoms with van der Waals surface area (Å²) >= 11 is 0. The number of aryl methyl sites for hydroxylation is 4. The van der Waals surface area contributed by atoms with E-state index < -0.39 is 29.7 Å². The predicted molar refractivity (Wildman–Crippen MR) is 219 cm³/mol. The van der Waals surface area contributed by atoms with E-state index in [0.717, 1.165) is 100 Å². The van der Waals surface area contributed by atoms with Gasteiger partial charge in [0.15, 0.2) is 0 Å². The van der Waals surface area contributed by atoms with Crippen molar-refractivity contribution in [1.82, 2.24) is 19.8 Å². The zero-order valence-corrected chi connectivity index (χ0v) is 32.5. The van der Waals surface area contributed by atoms with Gasteiger partial charge in [-0.1, -0.05) is 0 Å². The van der Waals surface area contributed by atoms with Crippen LogP contribution in [0.3, 0.4) is 0 Å². The Morgan fingerprint density at radius 3 is 2.39 bits per heavy atom. The molecule has 1 unspecified atom stereocenters. The fraction of sp³-hybridized carbons (Fsp3) is 0.386. The maximum atomic E-state index is 13.4. The number of nitrogens with one attached hydrogen (secondary N) is 1. The van der Waals surface area contributed by atoms with Gasteiger partial charge in [0.1, 0.15) is 11.9 Å². The van der Waals surface area contributed by atoms with E-state index in [4.69, 9.17) is 15.7 Å². The molecule has 2 saturated heterocycles. The zero-order valence-electron chi connectivity index (χ0n) is 32.5. The minimum Gasteiger partial charge on any atom is -0.404 e. The van der Waals surface area contributed by atoms with Crippen LogP contribution in [0.2, 0.25) is 0 Å². The summed E-state index contributed by atoms with van der Waals surface area (Å²) in [4.78, 5) is 79.4. The van der Waals surface area contributed by atoms with Crippen LogP contribution in [0, 0.1) is 13.8 Å². The van der Waals surface area contributed by atoms with E-state index in [0.29, 0.717) is 24.6 Å². The summed E-state index contributed by atoms with van der Waals surface area (Å²) in [5.74, 6) is -0.674. The van der Waals surface area contributed by atoms with Crippen molar-refractivity contribution in [1.29, 1.82) is 0 Å². The normalized spacial score (nSPS) is 20.5. The number of hydrogen-bond acceptors (Lipinski definition) is 10. The molecular weight excluding hydrogens is 721 g/mol. The summed E-state index contributed by atoms with van der Waals surface area (Å²) in [5, 5.41) is 3.23. The van der Waals surface area contributed by atoms with Crippen LogP contribution < -0.4 is 26.4 Å². The maximum Gasteiger partial charge on any atom is 0.262 e. The smallest absolute Gasteiger partial charge is 0.262 e. The lowest BCUT2D eigenvalue weighted by Gasteiger charge is -2.33. The number of allylic oxidation sites excluding steroid dienone is 1. The fourth-order valence-corrected chi connectivity index (χ4v) is 8.99. The lowest BCUT2D eigenvalue weighted by atomic mass is 9.92. The van der Waals surface area contributed by atoms with Crippen LogP contribution in [0.1, 0.15) is 99.5 Å². The minimum atomic E-state index is -0.991. The van der Waals surface area contributed by atoms with Crippen LogP contribution in [-0.2, 0) is 23.1 Å². The van der Waals surface area contributed by atoms with E-state index in [1.165, 1.54) is 5.56 Å². The van der Waals surface area contributed by atoms with E-state index in [-0.39, 0.29) is 35.6 Å². The summed E-state index contributed by atoms with van der Waals surface area (Å²) in [6.07, 6.45) is 9.48. The SMILES string of the molecule is Cc1cc2c(cc1/C(C=NC1CCN(c3ccc4c(c3)C(=O)N(C3CCC(=O)NC3=O)C4=O)CC1)=C/N)CCCN2c1nc(C2CC2)cc2c1cc(C)c(=O)n2C. The van der Waals surface area contributed by atoms with E-state index >= 15 is 0 Å². The second-order valence-corrected chi connectivity index (χ2v) is 16.1. The van der Waals surface area contributed by atoms with Gasteiger partial charge in [0.2, 0.25) is 11.8 Å². The number of hydrogen-bond donors (Lipinski definition) is 2. The number of benzene rings is 2. The van der Waals surface area contributed by atoms with Crippen molar-refractivity contribution in [3.63, 3.8) is 0 Å². The average Bonchev–Trinajstić information content (AvgIpc) is 4.03. The average molecular weight is 767 g/mol. The molecule has 0 radical (unpaired) electrons. The van der Waals surface area contributed by atoms with Crippen LogP contribution in [0.25, 0.3) is 16.5 Å². The predicted octanol–water partition coefficient (Wildman–Crippen LogP) is 4.95. The molecule has 4 amide bonds. The van der Waals surface area contributed by atoms with Gasteiger partial charge in [-0.15, -0.1) is 0 Å². The first-order valence-electron chi connectivity index (χ1n) is 20.0. The standard InChI is InChI=1S/C44H46N8O5/c1-24-18-37-27(5-4-14-51(37)40-34-17-25(2)42(55)49(3)38(34)21-35(47-40)26-6-7-26)19-32(24)28(22-45)23-46-29-12-15-50(16-13-29)30-8-9-31-33(20-30)44(57)52(43(31)56)36-10-11-39(53)48-41(36)54/h8-9,17-23,26,29,36H,4-7,10-16,45H2,1-3H3,(H,48,53,54)/b28-22+,46-23?. The number of amides is 4. The molecule has 0 bridgehead atoms. The van der Waals surface area contributed by atoms with Gasteiger partial charge in [0.25, 0.3) is 17.4 Å². The molecule has 4 aliphatic heterocycles. The quantitative estimate of drug-likeness (QED) is 0.196. The molecule has 4 aromatic rings. The third kappa shape index (κ3) is 6.38. The Labute approximate surface area is 330 Å². The van der Waals surface area contributed by atoms with Crippen LogP contribution >= 0.6 is 0 Å². The largest absolute Gasteiger partial charge is 0.404 e. The number of imide groups is 2. The van der Waals surface area contributed by atoms with Crippen molar-refractivity contribution in [2.24, 2.45) is 17.8 Å². The summed E-state index contributed by atoms with van der Waals surface area (Å²) in [5.41, 5.74) is 15.7. The van der Waals surface area contributed by atoms with Crippen molar-refractivity contribution < 1.29 is 19.2 Å². The molecule has 1 saturated carbocycles. The first-order chi connectivity index (χ1) is 27.5. The Kier molecular flexibility index (Phi) is 9.05. The molecule has 5 aliphatic rings. The van der Waals surface area contributed by atoms with Crippen LogP contribution in [0.5, 0.6) is 0 Å². The number of aromatic nitrogens is 2. The van der Waals surface area contributed by atoms with Gasteiger partial charge in [-0.05, 0) is 118 Å². The van der Waals surface area contributed by atoms with E-state index in [1.807, 2.05) is 32.3 Å². The van der Waals surface area contributed by atoms with Gasteiger partial charge < -0.3 is 20.1 Å². The van der Waals surface area contributed by atoms with E-state index in [9.17, 15) is 24.0 Å². The number of aliphatic imine (C=N–C) groups is 1. The molecule has 292 valence electrons. The number of piperidine rings is 2. The highest BCUT2D eigenvalue weighted by Crippen LogP contribution is 2.44. The summed E-state index contributed by atoms with van der Waals surface area (Å²) < 4.78 is 1.76. The molecule has 1 aliphatic carbocycles. The number of nitrogens with zero attached hydrogens (tertiary/aromatic N) is 6. The lowest BCUT2D eigenvalue weighted by Crippen LogP contribution is -2.54. The number of fused-ring (bicyclic) bond motifs is 3. The molecule has 2 aromatic carbocycles. The third-order valence-corrected chi connectivity index (χ3v) is 12.4. The van der Waals surface area contributed by atoms with Crippen molar-refractivity contribution in [3.8, 4) is 0 Å². The highest BCUT2D eigenvalue weighted by molar-refractivity contribution is 6.23. The molecule has 6 heterocycles. The molecule has 1 atom stereocenters. The van der Waals surface area contributed by atoms with Crippen molar-refractivity contribution >= 4 is 63.5 Å². The Balaban J connectivity index is 0.905. The van der Waals surface area contributed by atoms with E-state index in [1.54, 1.807) is 22.9 Å². The Morgan fingerprint density at radius 1 is 0.877 bits per heavy atom. The van der Waals surface area contributed by atoms with Crippen LogP contribution in [0.15, 0.2) is 58.5 Å². The molecule has 13 heteroatoms. The lowest BCUT2D eigenvalue weighted by molar-refractivity contribution is -0.136. The van der Waals surface area contributed by atoms with Gasteiger partial charge >= 0.3 is 0 Å². The van der Waals surface area contributed by atoms with E-state index in [2.05, 4.69) is 40.2 Å². The van der Waals surface area contributed by atoms with Gasteiger partial charge in [0.05, 0.1) is 22.7 Å². The van der Waals surface area contributed by atoms with Gasteiger partial charge in [0, 0.05) is 85.0 Å². The summed E-state index contributed by atoms with van der Waals surface area (Å²) in [6.45, 7) is 6.25. The number of rotatable bonds is 7. The highest BCUT2D eigenvalue weighted by Gasteiger charge is 2.45. The Bertz CT molecular complexity index is 2530. The number of anilines is 3. The molecule has 13 nitrogen and oxygen atoms in total. The monoisotopic (exact) mass is 766 g/mol. The Morgan fingerprint density at radius 2 is 1.65 bits per heavy atom. The Hall–Kier alpha value is -6.11. The number of carbonyl (C=O) groups is 4. The van der Waals surface area contributed by atoms with Gasteiger partial charge in [-0.25, -0.2) is 4.98 Å². The van der Waals surface area contributed by atoms with Crippen LogP contribution in [0.4, 0.5) is 17.2 Å². The second kappa shape index (κ2) is 14.1. The minimum absolute atomic E-state index is 0.0198. The van der Waals surface area contributed by atoms with Gasteiger partial charge in [-0.2, -0.15) is 0 Å². The third-order valence-electron chi connectivity index (χ3n) is 12.4. The van der Waals surface area contributed by atoms with Crippen molar-refractivity contribution in [2.45, 2.75) is 83.2 Å². The number of nitrogens with two attached hydrogens (primary N) is 1. The topological polar surface area (TPSA) is 163 Å². The maximum absolute atomic E-state index is 13.4. The molecule has 57 heavy (non-hydrogen) atoms. The molecular formula is C44H46N8O5. The van der Waals surface area contributed by atoms with Gasteiger partial charge in [-0.3, -0.25) is 39.2 Å². The van der Waals surface area contributed by atoms with Crippen molar-refractivity contribution in [2.75, 3.05) is 29.4 Å². The molecule has 0 spiro atoms. The van der Waals surface area contributed by atoms with Crippen molar-refractivity contribution in [3.05, 3.63) is 98.1 Å². The first kappa shape index (κ1) is 36.5. The fourth-order valence-electron chi connectivity index (χ4n) is 8.99. The second-order valence-electron chi connectivity index (χ2n) is 16.1. The summed E-state index contributed by atoms with van der Waals surface area (Å²) in [6, 6.07) is 12.9. The number of carbonyl (C=O) groups excluding carboxylic acids is 4. The first-order valence-corrected chi connectivity index (χ1v) is 20.0. The number of pyridine rings is 2. The zero-order chi connectivity index (χ0) is 39.7. The molecule has 3 N–H and O–H groups in total. The highest BCUT2D eigenvalue weighted by atomic mass is 16.2. The van der Waals surface area contributed by atoms with Crippen LogP contribution in [-0.4, -0.2) is 76.0 Å².